The quantitative estimate of drug-likeness (QED) is 0.652. The average molecular weight is 201 g/mol. The van der Waals surface area contributed by atoms with E-state index in [4.69, 9.17) is 11.6 Å². The highest BCUT2D eigenvalue weighted by Gasteiger charge is 2.17. The van der Waals surface area contributed by atoms with Crippen LogP contribution in [0.4, 0.5) is 0 Å². The number of fused-ring (bicyclic) bond motifs is 1. The summed E-state index contributed by atoms with van der Waals surface area (Å²) in [6.07, 6.45) is 0.859. The lowest BCUT2D eigenvalue weighted by Crippen LogP contribution is -1.99. The van der Waals surface area contributed by atoms with Crippen LogP contribution in [0.2, 0.25) is 5.15 Å². The molecule has 0 spiro atoms. The van der Waals surface area contributed by atoms with Crippen LogP contribution in [0.1, 0.15) is 24.0 Å². The van der Waals surface area contributed by atoms with E-state index in [2.05, 4.69) is 9.97 Å². The van der Waals surface area contributed by atoms with Crippen molar-refractivity contribution in [2.45, 2.75) is 24.9 Å². The molecule has 12 heavy (non-hydrogen) atoms. The molecule has 1 aromatic heterocycles. The van der Waals surface area contributed by atoms with Gasteiger partial charge in [0.05, 0.1) is 5.69 Å². The van der Waals surface area contributed by atoms with Crippen LogP contribution < -0.4 is 0 Å². The van der Waals surface area contributed by atoms with E-state index in [0.29, 0.717) is 5.15 Å². The summed E-state index contributed by atoms with van der Waals surface area (Å²) in [4.78, 5) is 8.62. The molecule has 0 N–H and O–H groups in total. The molecule has 0 amide bonds. The number of rotatable bonds is 1. The molecule has 2 heterocycles. The second-order valence-electron chi connectivity index (χ2n) is 2.70. The van der Waals surface area contributed by atoms with Gasteiger partial charge in [-0.3, -0.25) is 0 Å². The second-order valence-corrected chi connectivity index (χ2v) is 4.05. The molecule has 0 atom stereocenters. The monoisotopic (exact) mass is 200 g/mol. The highest BCUT2D eigenvalue weighted by Crippen LogP contribution is 2.32. The highest BCUT2D eigenvalue weighted by atomic mass is 35.5. The van der Waals surface area contributed by atoms with Crippen LogP contribution in [0.25, 0.3) is 0 Å². The largest absolute Gasteiger partial charge is 0.237 e. The van der Waals surface area contributed by atoms with Crippen molar-refractivity contribution >= 4 is 23.4 Å². The smallest absolute Gasteiger partial charge is 0.137 e. The minimum absolute atomic E-state index is 0.654. The molecule has 0 unspecified atom stereocenters. The van der Waals surface area contributed by atoms with Crippen LogP contribution in [-0.2, 0) is 17.9 Å². The van der Waals surface area contributed by atoms with E-state index in [-0.39, 0.29) is 0 Å². The third-order valence-electron chi connectivity index (χ3n) is 1.89. The lowest BCUT2D eigenvalue weighted by Gasteiger charge is -2.01. The Hall–Kier alpha value is -0.280. The number of halogens is 1. The number of nitrogens with zero attached hydrogens (tertiary/aromatic N) is 2. The molecule has 0 saturated heterocycles. The van der Waals surface area contributed by atoms with Crippen molar-refractivity contribution in [2.24, 2.45) is 0 Å². The van der Waals surface area contributed by atoms with E-state index < -0.39 is 0 Å². The van der Waals surface area contributed by atoms with Gasteiger partial charge < -0.3 is 0 Å². The van der Waals surface area contributed by atoms with Crippen LogP contribution in [-0.4, -0.2) is 9.97 Å². The number of thioether (sulfide) groups is 1. The van der Waals surface area contributed by atoms with Gasteiger partial charge in [-0.2, -0.15) is 11.8 Å². The topological polar surface area (TPSA) is 25.8 Å². The molecule has 1 aromatic rings. The molecule has 0 aromatic carbocycles. The lowest BCUT2D eigenvalue weighted by molar-refractivity contribution is 0.905. The van der Waals surface area contributed by atoms with Crippen molar-refractivity contribution in [3.63, 3.8) is 0 Å². The first-order valence-electron chi connectivity index (χ1n) is 3.93. The lowest BCUT2D eigenvalue weighted by atomic mass is 10.3. The van der Waals surface area contributed by atoms with Gasteiger partial charge in [-0.15, -0.1) is 0 Å². The third-order valence-corrected chi connectivity index (χ3v) is 3.17. The Morgan fingerprint density at radius 1 is 1.42 bits per heavy atom. The molecule has 0 fully saturated rings. The molecule has 1 aliphatic rings. The van der Waals surface area contributed by atoms with Crippen molar-refractivity contribution in [2.75, 3.05) is 0 Å². The zero-order valence-corrected chi connectivity index (χ0v) is 8.37. The summed E-state index contributed by atoms with van der Waals surface area (Å²) in [7, 11) is 0. The Kier molecular flexibility index (Phi) is 2.24. The molecule has 4 heteroatoms. The Labute approximate surface area is 80.8 Å². The molecular formula is C8H9ClN2S. The van der Waals surface area contributed by atoms with E-state index in [1.807, 2.05) is 18.7 Å². The summed E-state index contributed by atoms with van der Waals surface area (Å²) < 4.78 is 0. The van der Waals surface area contributed by atoms with Crippen LogP contribution in [0.3, 0.4) is 0 Å². The predicted molar refractivity (Wildman–Crippen MR) is 51.4 cm³/mol. The van der Waals surface area contributed by atoms with Crippen molar-refractivity contribution in [3.05, 3.63) is 22.2 Å². The highest BCUT2D eigenvalue weighted by molar-refractivity contribution is 7.98. The van der Waals surface area contributed by atoms with Crippen LogP contribution in [0.15, 0.2) is 0 Å². The maximum atomic E-state index is 5.99. The molecule has 0 saturated carbocycles. The first-order chi connectivity index (χ1) is 5.81. The van der Waals surface area contributed by atoms with Gasteiger partial charge in [0.15, 0.2) is 0 Å². The van der Waals surface area contributed by atoms with E-state index in [1.165, 1.54) is 0 Å². The standard InChI is InChI=1S/C8H9ClN2S/c1-2-7-10-6-4-12-3-5(6)8(9)11-7/h2-4H2,1H3. The van der Waals surface area contributed by atoms with Gasteiger partial charge in [0.25, 0.3) is 0 Å². The minimum atomic E-state index is 0.654. The Morgan fingerprint density at radius 2 is 2.25 bits per heavy atom. The van der Waals surface area contributed by atoms with Gasteiger partial charge in [-0.05, 0) is 0 Å². The average Bonchev–Trinajstić information content (AvgIpc) is 2.52. The molecule has 2 nitrogen and oxygen atoms in total. The Morgan fingerprint density at radius 3 is 3.00 bits per heavy atom. The zero-order chi connectivity index (χ0) is 8.55. The van der Waals surface area contributed by atoms with Crippen molar-refractivity contribution in [1.82, 2.24) is 9.97 Å². The van der Waals surface area contributed by atoms with Gasteiger partial charge in [0, 0.05) is 23.5 Å². The first kappa shape index (κ1) is 8.32. The number of aryl methyl sites for hydroxylation is 1. The number of hydrogen-bond acceptors (Lipinski definition) is 3. The van der Waals surface area contributed by atoms with Crippen molar-refractivity contribution < 1.29 is 0 Å². The first-order valence-corrected chi connectivity index (χ1v) is 5.46. The fourth-order valence-electron chi connectivity index (χ4n) is 1.22. The van der Waals surface area contributed by atoms with Gasteiger partial charge in [0.1, 0.15) is 11.0 Å². The van der Waals surface area contributed by atoms with Crippen LogP contribution in [0.5, 0.6) is 0 Å². The summed E-state index contributed by atoms with van der Waals surface area (Å²) in [5, 5.41) is 0.654. The van der Waals surface area contributed by atoms with E-state index in [0.717, 1.165) is 35.0 Å². The minimum Gasteiger partial charge on any atom is -0.237 e. The fourth-order valence-corrected chi connectivity index (χ4v) is 2.61. The van der Waals surface area contributed by atoms with Crippen molar-refractivity contribution in [1.29, 1.82) is 0 Å². The van der Waals surface area contributed by atoms with E-state index in [9.17, 15) is 0 Å². The Bertz CT molecular complexity index is 314. The van der Waals surface area contributed by atoms with Crippen LogP contribution in [0, 0.1) is 0 Å². The summed E-state index contributed by atoms with van der Waals surface area (Å²) in [5.74, 6) is 2.82. The normalized spacial score (nSPS) is 14.8. The predicted octanol–water partition coefficient (Wildman–Crippen LogP) is 2.44. The molecule has 0 bridgehead atoms. The van der Waals surface area contributed by atoms with Crippen molar-refractivity contribution in [3.8, 4) is 0 Å². The second kappa shape index (κ2) is 3.23. The molecule has 1 aliphatic heterocycles. The maximum absolute atomic E-state index is 5.99. The molecule has 64 valence electrons. The summed E-state index contributed by atoms with van der Waals surface area (Å²) in [5.41, 5.74) is 2.27. The summed E-state index contributed by atoms with van der Waals surface area (Å²) in [6, 6.07) is 0. The maximum Gasteiger partial charge on any atom is 0.137 e. The number of aromatic nitrogens is 2. The van der Waals surface area contributed by atoms with Gasteiger partial charge >= 0.3 is 0 Å². The Balaban J connectivity index is 2.51. The zero-order valence-electron chi connectivity index (χ0n) is 6.80. The van der Waals surface area contributed by atoms with Gasteiger partial charge in [0.2, 0.25) is 0 Å². The molecule has 2 rings (SSSR count). The molecule has 0 radical (unpaired) electrons. The summed E-state index contributed by atoms with van der Waals surface area (Å²) in [6.45, 7) is 2.04. The summed E-state index contributed by atoms with van der Waals surface area (Å²) >= 11 is 7.84. The van der Waals surface area contributed by atoms with Crippen LogP contribution >= 0.6 is 23.4 Å². The SMILES string of the molecule is CCc1nc(Cl)c2c(n1)CSC2. The molecular weight excluding hydrogens is 192 g/mol. The third kappa shape index (κ3) is 1.31. The number of hydrogen-bond donors (Lipinski definition) is 0. The van der Waals surface area contributed by atoms with Gasteiger partial charge in [-0.1, -0.05) is 18.5 Å². The van der Waals surface area contributed by atoms with E-state index in [1.54, 1.807) is 0 Å². The fraction of sp³-hybridized carbons (Fsp3) is 0.500. The molecule has 0 aliphatic carbocycles. The van der Waals surface area contributed by atoms with Gasteiger partial charge in [-0.25, -0.2) is 9.97 Å². The van der Waals surface area contributed by atoms with E-state index >= 15 is 0 Å².